The van der Waals surface area contributed by atoms with Crippen molar-refractivity contribution in [1.82, 2.24) is 9.97 Å². The van der Waals surface area contributed by atoms with E-state index in [0.717, 1.165) is 17.7 Å². The molecule has 4 heteroatoms. The highest BCUT2D eigenvalue weighted by Crippen LogP contribution is 2.18. The van der Waals surface area contributed by atoms with E-state index in [1.165, 1.54) is 18.4 Å². The minimum absolute atomic E-state index is 0.346. The highest BCUT2D eigenvalue weighted by Gasteiger charge is 2.01. The predicted molar refractivity (Wildman–Crippen MR) is 75.1 cm³/mol. The highest BCUT2D eigenvalue weighted by molar-refractivity contribution is 5.29. The zero-order valence-corrected chi connectivity index (χ0v) is 11.2. The summed E-state index contributed by atoms with van der Waals surface area (Å²) in [7, 11) is 0. The molecule has 2 aromatic rings. The number of aromatic nitrogens is 2. The Hall–Kier alpha value is -1.94. The van der Waals surface area contributed by atoms with Gasteiger partial charge >= 0.3 is 6.01 Å². The molecule has 19 heavy (non-hydrogen) atoms. The average molecular weight is 257 g/mol. The Morgan fingerprint density at radius 3 is 2.32 bits per heavy atom. The minimum atomic E-state index is 0.346. The third kappa shape index (κ3) is 4.03. The molecule has 0 amide bonds. The lowest BCUT2D eigenvalue weighted by Gasteiger charge is -2.05. The summed E-state index contributed by atoms with van der Waals surface area (Å²) in [6, 6.07) is 8.41. The van der Waals surface area contributed by atoms with Gasteiger partial charge in [0.15, 0.2) is 0 Å². The lowest BCUT2D eigenvalue weighted by atomic mass is 10.1. The van der Waals surface area contributed by atoms with E-state index in [1.807, 2.05) is 12.1 Å². The fourth-order valence-corrected chi connectivity index (χ4v) is 1.71. The molecule has 0 fully saturated rings. The van der Waals surface area contributed by atoms with Crippen LogP contribution in [0.3, 0.4) is 0 Å². The predicted octanol–water partition coefficient (Wildman–Crippen LogP) is 3.07. The van der Waals surface area contributed by atoms with Crippen LogP contribution in [0, 0.1) is 0 Å². The van der Waals surface area contributed by atoms with Crippen molar-refractivity contribution in [2.75, 3.05) is 0 Å². The molecule has 0 unspecified atom stereocenters. The van der Waals surface area contributed by atoms with Gasteiger partial charge in [0.1, 0.15) is 5.75 Å². The van der Waals surface area contributed by atoms with Gasteiger partial charge in [0.25, 0.3) is 0 Å². The van der Waals surface area contributed by atoms with Gasteiger partial charge in [-0.25, -0.2) is 9.97 Å². The Bertz CT molecular complexity index is 494. The number of rotatable bonds is 6. The van der Waals surface area contributed by atoms with E-state index >= 15 is 0 Å². The van der Waals surface area contributed by atoms with Crippen LogP contribution < -0.4 is 10.5 Å². The van der Waals surface area contributed by atoms with E-state index in [-0.39, 0.29) is 0 Å². The second-order valence-corrected chi connectivity index (χ2v) is 4.43. The molecule has 0 aliphatic rings. The van der Waals surface area contributed by atoms with Crippen molar-refractivity contribution < 1.29 is 4.74 Å². The average Bonchev–Trinajstić information content (AvgIpc) is 2.47. The first kappa shape index (κ1) is 13.5. The fourth-order valence-electron chi connectivity index (χ4n) is 1.71. The van der Waals surface area contributed by atoms with Crippen LogP contribution in [-0.4, -0.2) is 9.97 Å². The molecule has 2 rings (SSSR count). The molecular weight excluding hydrogens is 238 g/mol. The summed E-state index contributed by atoms with van der Waals surface area (Å²) in [5, 5.41) is 0. The van der Waals surface area contributed by atoms with Crippen LogP contribution >= 0.6 is 0 Å². The first-order chi connectivity index (χ1) is 9.31. The van der Waals surface area contributed by atoms with Crippen molar-refractivity contribution in [3.05, 3.63) is 47.8 Å². The lowest BCUT2D eigenvalue weighted by Crippen LogP contribution is -1.99. The summed E-state index contributed by atoms with van der Waals surface area (Å²) in [5.74, 6) is 0.751. The van der Waals surface area contributed by atoms with Crippen LogP contribution in [0.15, 0.2) is 36.7 Å². The minimum Gasteiger partial charge on any atom is -0.424 e. The van der Waals surface area contributed by atoms with E-state index in [9.17, 15) is 0 Å². The Kier molecular flexibility index (Phi) is 4.86. The van der Waals surface area contributed by atoms with Gasteiger partial charge in [0, 0.05) is 24.5 Å². The van der Waals surface area contributed by atoms with Crippen LogP contribution in [-0.2, 0) is 13.0 Å². The van der Waals surface area contributed by atoms with Gasteiger partial charge in [0.05, 0.1) is 0 Å². The van der Waals surface area contributed by atoms with Crippen molar-refractivity contribution in [2.24, 2.45) is 5.73 Å². The summed E-state index contributed by atoms with van der Waals surface area (Å²) < 4.78 is 5.57. The van der Waals surface area contributed by atoms with Gasteiger partial charge in [-0.3, -0.25) is 0 Å². The topological polar surface area (TPSA) is 61.0 Å². The number of unbranched alkanes of at least 4 members (excludes halogenated alkanes) is 1. The van der Waals surface area contributed by atoms with Crippen LogP contribution in [0.1, 0.15) is 30.9 Å². The van der Waals surface area contributed by atoms with E-state index in [0.29, 0.717) is 12.6 Å². The Morgan fingerprint density at radius 1 is 1.05 bits per heavy atom. The van der Waals surface area contributed by atoms with E-state index in [1.54, 1.807) is 12.4 Å². The zero-order valence-electron chi connectivity index (χ0n) is 11.2. The van der Waals surface area contributed by atoms with Gasteiger partial charge in [-0.2, -0.15) is 0 Å². The first-order valence-electron chi connectivity index (χ1n) is 6.59. The van der Waals surface area contributed by atoms with Crippen molar-refractivity contribution in [3.63, 3.8) is 0 Å². The van der Waals surface area contributed by atoms with Crippen LogP contribution in [0.4, 0.5) is 0 Å². The van der Waals surface area contributed by atoms with Gasteiger partial charge in [0.2, 0.25) is 0 Å². The quantitative estimate of drug-likeness (QED) is 0.864. The summed E-state index contributed by atoms with van der Waals surface area (Å²) in [4.78, 5) is 8.21. The number of hydrogen-bond acceptors (Lipinski definition) is 4. The number of aryl methyl sites for hydroxylation is 1. The van der Waals surface area contributed by atoms with E-state index in [4.69, 9.17) is 10.5 Å². The van der Waals surface area contributed by atoms with Crippen molar-refractivity contribution in [2.45, 2.75) is 32.7 Å². The Balaban J connectivity index is 1.98. The molecule has 0 atom stereocenters. The van der Waals surface area contributed by atoms with Crippen molar-refractivity contribution in [3.8, 4) is 11.8 Å². The maximum absolute atomic E-state index is 5.57. The molecule has 4 nitrogen and oxygen atoms in total. The molecule has 0 radical (unpaired) electrons. The molecule has 1 aromatic heterocycles. The molecule has 100 valence electrons. The molecule has 2 N–H and O–H groups in total. The van der Waals surface area contributed by atoms with Gasteiger partial charge in [-0.1, -0.05) is 25.5 Å². The Morgan fingerprint density at radius 2 is 1.74 bits per heavy atom. The number of nitrogens with zero attached hydrogens (tertiary/aromatic N) is 2. The van der Waals surface area contributed by atoms with E-state index < -0.39 is 0 Å². The molecule has 0 spiro atoms. The summed E-state index contributed by atoms with van der Waals surface area (Å²) in [6.07, 6.45) is 6.89. The molecule has 0 bridgehead atoms. The van der Waals surface area contributed by atoms with Crippen LogP contribution in [0.5, 0.6) is 11.8 Å². The standard InChI is InChI=1S/C15H19N3O/c1-2-3-4-12-5-7-14(8-6-12)19-15-17-10-13(9-16)11-18-15/h5-8,10-11H,2-4,9,16H2,1H3. The molecule has 1 heterocycles. The first-order valence-corrected chi connectivity index (χ1v) is 6.59. The maximum atomic E-state index is 5.57. The van der Waals surface area contributed by atoms with Gasteiger partial charge in [-0.05, 0) is 30.5 Å². The number of hydrogen-bond donors (Lipinski definition) is 1. The van der Waals surface area contributed by atoms with Gasteiger partial charge in [-0.15, -0.1) is 0 Å². The van der Waals surface area contributed by atoms with E-state index in [2.05, 4.69) is 29.0 Å². The summed E-state index contributed by atoms with van der Waals surface area (Å²) in [5.41, 5.74) is 7.71. The molecule has 0 saturated heterocycles. The number of benzene rings is 1. The molecule has 0 aliphatic carbocycles. The lowest BCUT2D eigenvalue weighted by molar-refractivity contribution is 0.441. The smallest absolute Gasteiger partial charge is 0.321 e. The third-order valence-corrected chi connectivity index (χ3v) is 2.87. The zero-order chi connectivity index (χ0) is 13.5. The molecular formula is C15H19N3O. The summed E-state index contributed by atoms with van der Waals surface area (Å²) in [6.45, 7) is 2.63. The number of nitrogens with two attached hydrogens (primary N) is 1. The monoisotopic (exact) mass is 257 g/mol. The molecule has 1 aromatic carbocycles. The normalized spacial score (nSPS) is 10.4. The largest absolute Gasteiger partial charge is 0.424 e. The SMILES string of the molecule is CCCCc1ccc(Oc2ncc(CN)cn2)cc1. The molecule has 0 saturated carbocycles. The summed E-state index contributed by atoms with van der Waals surface area (Å²) >= 11 is 0. The number of ether oxygens (including phenoxy) is 1. The van der Waals surface area contributed by atoms with Gasteiger partial charge < -0.3 is 10.5 Å². The van der Waals surface area contributed by atoms with Crippen LogP contribution in [0.25, 0.3) is 0 Å². The van der Waals surface area contributed by atoms with Crippen molar-refractivity contribution >= 4 is 0 Å². The molecule has 0 aliphatic heterocycles. The maximum Gasteiger partial charge on any atom is 0.321 e. The van der Waals surface area contributed by atoms with Crippen molar-refractivity contribution in [1.29, 1.82) is 0 Å². The van der Waals surface area contributed by atoms with Crippen LogP contribution in [0.2, 0.25) is 0 Å². The fraction of sp³-hybridized carbons (Fsp3) is 0.333. The Labute approximate surface area is 113 Å². The second-order valence-electron chi connectivity index (χ2n) is 4.43. The highest BCUT2D eigenvalue weighted by atomic mass is 16.5. The second kappa shape index (κ2) is 6.85. The third-order valence-electron chi connectivity index (χ3n) is 2.87.